The zero-order valence-electron chi connectivity index (χ0n) is 27.3. The number of benzene rings is 8. The Hall–Kier alpha value is -6.71. The molecule has 0 unspecified atom stereocenters. The predicted octanol–water partition coefficient (Wildman–Crippen LogP) is 13.1. The van der Waals surface area contributed by atoms with E-state index in [1.165, 1.54) is 22.3 Å². The van der Waals surface area contributed by atoms with E-state index in [9.17, 15) is 0 Å². The molecule has 0 N–H and O–H groups in total. The van der Waals surface area contributed by atoms with Crippen LogP contribution in [0.2, 0.25) is 0 Å². The van der Waals surface area contributed by atoms with Crippen LogP contribution in [0.15, 0.2) is 199 Å². The van der Waals surface area contributed by atoms with E-state index in [4.69, 9.17) is 9.40 Å². The molecule has 0 aliphatic heterocycles. The highest BCUT2D eigenvalue weighted by atomic mass is 16.3. The lowest BCUT2D eigenvalue weighted by atomic mass is 9.97. The van der Waals surface area contributed by atoms with Gasteiger partial charge in [-0.25, -0.2) is 4.98 Å². The predicted molar refractivity (Wildman–Crippen MR) is 208 cm³/mol. The molecule has 50 heavy (non-hydrogen) atoms. The summed E-state index contributed by atoms with van der Waals surface area (Å²) in [4.78, 5) is 7.12. The summed E-state index contributed by atoms with van der Waals surface area (Å²) in [5.41, 5.74) is 13.0. The SMILES string of the molecule is c1ccc(-c2ccc(N(c3ccc(-c4ccccc4)cc3)c3ccc(-c4cccc5c4ccc4nc(-c6ccccc6)oc45)cc3)cc2)cc1. The van der Waals surface area contributed by atoms with E-state index in [2.05, 4.69) is 169 Å². The van der Waals surface area contributed by atoms with Gasteiger partial charge in [0.15, 0.2) is 5.58 Å². The molecule has 8 aromatic carbocycles. The number of anilines is 3. The molecule has 3 heteroatoms. The highest BCUT2D eigenvalue weighted by Gasteiger charge is 2.16. The van der Waals surface area contributed by atoms with Gasteiger partial charge in [0, 0.05) is 28.0 Å². The van der Waals surface area contributed by atoms with Gasteiger partial charge in [0.25, 0.3) is 0 Å². The molecule has 3 nitrogen and oxygen atoms in total. The third-order valence-electron chi connectivity index (χ3n) is 9.33. The average molecular weight is 641 g/mol. The second-order valence-corrected chi connectivity index (χ2v) is 12.4. The van der Waals surface area contributed by atoms with Gasteiger partial charge >= 0.3 is 0 Å². The highest BCUT2D eigenvalue weighted by Crippen LogP contribution is 2.39. The van der Waals surface area contributed by atoms with Crippen LogP contribution in [0.5, 0.6) is 0 Å². The van der Waals surface area contributed by atoms with Crippen LogP contribution in [-0.4, -0.2) is 4.98 Å². The van der Waals surface area contributed by atoms with E-state index in [-0.39, 0.29) is 0 Å². The fourth-order valence-corrected chi connectivity index (χ4v) is 6.80. The largest absolute Gasteiger partial charge is 0.435 e. The Labute approximate surface area is 291 Å². The van der Waals surface area contributed by atoms with Crippen LogP contribution in [-0.2, 0) is 0 Å². The molecule has 9 aromatic rings. The first-order chi connectivity index (χ1) is 24.8. The normalized spacial score (nSPS) is 11.2. The van der Waals surface area contributed by atoms with Crippen molar-refractivity contribution in [2.45, 2.75) is 0 Å². The van der Waals surface area contributed by atoms with Crippen molar-refractivity contribution in [2.24, 2.45) is 0 Å². The maximum atomic E-state index is 6.36. The van der Waals surface area contributed by atoms with E-state index in [0.29, 0.717) is 5.89 Å². The van der Waals surface area contributed by atoms with Crippen molar-refractivity contribution < 1.29 is 4.42 Å². The Morgan fingerprint density at radius 3 is 1.32 bits per heavy atom. The zero-order chi connectivity index (χ0) is 33.3. The van der Waals surface area contributed by atoms with Gasteiger partial charge in [0.2, 0.25) is 5.89 Å². The number of rotatable bonds is 7. The fourth-order valence-electron chi connectivity index (χ4n) is 6.80. The van der Waals surface area contributed by atoms with Gasteiger partial charge in [0.05, 0.1) is 0 Å². The van der Waals surface area contributed by atoms with Crippen molar-refractivity contribution in [3.05, 3.63) is 194 Å². The molecule has 1 heterocycles. The molecule has 0 radical (unpaired) electrons. The Bertz CT molecular complexity index is 2460. The minimum Gasteiger partial charge on any atom is -0.435 e. The molecule has 0 saturated heterocycles. The van der Waals surface area contributed by atoms with Gasteiger partial charge < -0.3 is 9.32 Å². The summed E-state index contributed by atoms with van der Waals surface area (Å²) in [6.07, 6.45) is 0. The van der Waals surface area contributed by atoms with E-state index < -0.39 is 0 Å². The van der Waals surface area contributed by atoms with Crippen molar-refractivity contribution in [3.63, 3.8) is 0 Å². The van der Waals surface area contributed by atoms with Crippen LogP contribution < -0.4 is 4.90 Å². The number of hydrogen-bond acceptors (Lipinski definition) is 3. The summed E-state index contributed by atoms with van der Waals surface area (Å²) in [7, 11) is 0. The Balaban J connectivity index is 1.10. The zero-order valence-corrected chi connectivity index (χ0v) is 27.3. The lowest BCUT2D eigenvalue weighted by Gasteiger charge is -2.26. The van der Waals surface area contributed by atoms with Crippen molar-refractivity contribution >= 4 is 38.9 Å². The van der Waals surface area contributed by atoms with Gasteiger partial charge in [-0.15, -0.1) is 0 Å². The molecule has 1 aromatic heterocycles. The van der Waals surface area contributed by atoms with Gasteiger partial charge in [-0.1, -0.05) is 140 Å². The molecular weight excluding hydrogens is 609 g/mol. The van der Waals surface area contributed by atoms with Crippen molar-refractivity contribution in [1.29, 1.82) is 0 Å². The van der Waals surface area contributed by atoms with E-state index in [1.807, 2.05) is 30.3 Å². The molecule has 0 amide bonds. The first-order valence-electron chi connectivity index (χ1n) is 16.9. The second kappa shape index (κ2) is 12.7. The molecule has 0 bridgehead atoms. The maximum absolute atomic E-state index is 6.36. The topological polar surface area (TPSA) is 29.3 Å². The fraction of sp³-hybridized carbons (Fsp3) is 0. The van der Waals surface area contributed by atoms with Gasteiger partial charge in [-0.2, -0.15) is 0 Å². The Morgan fingerprint density at radius 1 is 0.340 bits per heavy atom. The summed E-state index contributed by atoms with van der Waals surface area (Å²) in [5.74, 6) is 0.636. The molecule has 0 aliphatic rings. The first-order valence-corrected chi connectivity index (χ1v) is 16.9. The third-order valence-corrected chi connectivity index (χ3v) is 9.33. The first kappa shape index (κ1) is 29.4. The minimum atomic E-state index is 0.636. The monoisotopic (exact) mass is 640 g/mol. The maximum Gasteiger partial charge on any atom is 0.227 e. The summed E-state index contributed by atoms with van der Waals surface area (Å²) in [5, 5.41) is 2.19. The minimum absolute atomic E-state index is 0.636. The number of oxazole rings is 1. The molecular formula is C47H32N2O. The number of hydrogen-bond donors (Lipinski definition) is 0. The van der Waals surface area contributed by atoms with Crippen molar-refractivity contribution in [1.82, 2.24) is 4.98 Å². The molecule has 0 spiro atoms. The van der Waals surface area contributed by atoms with Gasteiger partial charge in [-0.05, 0) is 93.4 Å². The summed E-state index contributed by atoms with van der Waals surface area (Å²) in [6.45, 7) is 0. The summed E-state index contributed by atoms with van der Waals surface area (Å²) >= 11 is 0. The van der Waals surface area contributed by atoms with Crippen LogP contribution in [0.1, 0.15) is 0 Å². The lowest BCUT2D eigenvalue weighted by Crippen LogP contribution is -2.09. The van der Waals surface area contributed by atoms with E-state index in [0.717, 1.165) is 55.6 Å². The Kier molecular flexibility index (Phi) is 7.49. The van der Waals surface area contributed by atoms with Crippen LogP contribution in [0.3, 0.4) is 0 Å². The van der Waals surface area contributed by atoms with Crippen molar-refractivity contribution in [3.8, 4) is 44.8 Å². The number of aromatic nitrogens is 1. The van der Waals surface area contributed by atoms with Gasteiger partial charge in [-0.3, -0.25) is 0 Å². The van der Waals surface area contributed by atoms with Gasteiger partial charge in [0.1, 0.15) is 5.52 Å². The molecule has 9 rings (SSSR count). The average Bonchev–Trinajstić information content (AvgIpc) is 3.65. The number of nitrogens with zero attached hydrogens (tertiary/aromatic N) is 2. The lowest BCUT2D eigenvalue weighted by molar-refractivity contribution is 0.623. The van der Waals surface area contributed by atoms with Crippen LogP contribution in [0, 0.1) is 0 Å². The van der Waals surface area contributed by atoms with Crippen LogP contribution >= 0.6 is 0 Å². The van der Waals surface area contributed by atoms with E-state index in [1.54, 1.807) is 0 Å². The molecule has 0 atom stereocenters. The van der Waals surface area contributed by atoms with Crippen molar-refractivity contribution in [2.75, 3.05) is 4.90 Å². The summed E-state index contributed by atoms with van der Waals surface area (Å²) < 4.78 is 6.36. The standard InChI is InChI=1S/C47H32N2O/c1-4-11-33(12-5-1)35-19-25-39(26-20-35)49(40-27-21-36(22-28-40)34-13-6-2-7-14-34)41-29-23-37(24-30-41)42-17-10-18-44-43(42)31-32-45-46(44)50-47(48-45)38-15-8-3-9-16-38/h1-32H. The number of fused-ring (bicyclic) bond motifs is 3. The second-order valence-electron chi connectivity index (χ2n) is 12.4. The highest BCUT2D eigenvalue weighted by molar-refractivity contribution is 6.09. The quantitative estimate of drug-likeness (QED) is 0.174. The van der Waals surface area contributed by atoms with Crippen LogP contribution in [0.4, 0.5) is 17.1 Å². The van der Waals surface area contributed by atoms with Crippen LogP contribution in [0.25, 0.3) is 66.7 Å². The molecule has 0 fully saturated rings. The Morgan fingerprint density at radius 2 is 0.800 bits per heavy atom. The third kappa shape index (κ3) is 5.51. The smallest absolute Gasteiger partial charge is 0.227 e. The van der Waals surface area contributed by atoms with E-state index >= 15 is 0 Å². The molecule has 236 valence electrons. The summed E-state index contributed by atoms with van der Waals surface area (Å²) in [6, 6.07) is 68.2. The molecule has 0 aliphatic carbocycles. The molecule has 0 saturated carbocycles.